The molecule has 2 N–H and O–H groups in total. The highest BCUT2D eigenvalue weighted by Crippen LogP contribution is 2.27. The van der Waals surface area contributed by atoms with Crippen molar-refractivity contribution in [3.8, 4) is 0 Å². The van der Waals surface area contributed by atoms with Gasteiger partial charge in [-0.1, -0.05) is 36.4 Å². The highest BCUT2D eigenvalue weighted by Gasteiger charge is 2.27. The molecule has 2 aromatic carbocycles. The maximum Gasteiger partial charge on any atom is 0.319 e. The van der Waals surface area contributed by atoms with Crippen LogP contribution in [0.4, 0.5) is 0 Å². The van der Waals surface area contributed by atoms with E-state index in [4.69, 9.17) is 10.5 Å². The summed E-state index contributed by atoms with van der Waals surface area (Å²) in [5, 5.41) is 6.62. The number of piperazine rings is 1. The first-order valence-corrected chi connectivity index (χ1v) is 11.3. The SMILES string of the molecule is COC(=O)CN1CCc2ccc(C(=O)c3ccc(C=NN4CCN(C)CC4)cc3)cc2C1N. The quantitative estimate of drug-likeness (QED) is 0.406. The van der Waals surface area contributed by atoms with Gasteiger partial charge in [0.2, 0.25) is 0 Å². The van der Waals surface area contributed by atoms with Crippen LogP contribution in [0.15, 0.2) is 47.6 Å². The van der Waals surface area contributed by atoms with E-state index < -0.39 is 6.17 Å². The Balaban J connectivity index is 1.44. The summed E-state index contributed by atoms with van der Waals surface area (Å²) in [5.41, 5.74) is 10.6. The van der Waals surface area contributed by atoms with Crippen molar-refractivity contribution in [1.29, 1.82) is 0 Å². The molecule has 2 aliphatic rings. The van der Waals surface area contributed by atoms with Gasteiger partial charge in [0, 0.05) is 43.9 Å². The Morgan fingerprint density at radius 3 is 2.45 bits per heavy atom. The number of nitrogens with zero attached hydrogens (tertiary/aromatic N) is 4. The van der Waals surface area contributed by atoms with E-state index in [9.17, 15) is 9.59 Å². The molecule has 0 bridgehead atoms. The van der Waals surface area contributed by atoms with Crippen LogP contribution in [0.1, 0.15) is 38.8 Å². The smallest absolute Gasteiger partial charge is 0.319 e. The van der Waals surface area contributed by atoms with Crippen molar-refractivity contribution in [3.63, 3.8) is 0 Å². The molecule has 1 atom stereocenters. The van der Waals surface area contributed by atoms with Crippen molar-refractivity contribution in [2.24, 2.45) is 10.8 Å². The average molecular weight is 450 g/mol. The van der Waals surface area contributed by atoms with E-state index >= 15 is 0 Å². The zero-order chi connectivity index (χ0) is 23.4. The molecule has 4 rings (SSSR count). The van der Waals surface area contributed by atoms with Crippen molar-refractivity contribution in [2.45, 2.75) is 12.6 Å². The van der Waals surface area contributed by atoms with Gasteiger partial charge < -0.3 is 15.4 Å². The predicted octanol–water partition coefficient (Wildman–Crippen LogP) is 1.49. The summed E-state index contributed by atoms with van der Waals surface area (Å²) >= 11 is 0. The Morgan fingerprint density at radius 1 is 1.06 bits per heavy atom. The summed E-state index contributed by atoms with van der Waals surface area (Å²) in [4.78, 5) is 29.0. The Morgan fingerprint density at radius 2 is 1.76 bits per heavy atom. The molecular formula is C25H31N5O3. The summed E-state index contributed by atoms with van der Waals surface area (Å²) in [6, 6.07) is 13.2. The molecule has 8 nitrogen and oxygen atoms in total. The first kappa shape index (κ1) is 23.1. The zero-order valence-electron chi connectivity index (χ0n) is 19.2. The van der Waals surface area contributed by atoms with E-state index in [0.29, 0.717) is 17.7 Å². The molecule has 2 heterocycles. The molecule has 1 unspecified atom stereocenters. The number of carbonyl (C=O) groups is 2. The lowest BCUT2D eigenvalue weighted by Crippen LogP contribution is -2.43. The van der Waals surface area contributed by atoms with Gasteiger partial charge >= 0.3 is 5.97 Å². The van der Waals surface area contributed by atoms with Crippen LogP contribution in [0.25, 0.3) is 0 Å². The highest BCUT2D eigenvalue weighted by atomic mass is 16.5. The number of hydrogen-bond acceptors (Lipinski definition) is 8. The first-order chi connectivity index (χ1) is 15.9. The van der Waals surface area contributed by atoms with Crippen molar-refractivity contribution in [1.82, 2.24) is 14.8 Å². The van der Waals surface area contributed by atoms with Gasteiger partial charge in [-0.05, 0) is 36.2 Å². The van der Waals surface area contributed by atoms with Gasteiger partial charge in [-0.3, -0.25) is 19.5 Å². The highest BCUT2D eigenvalue weighted by molar-refractivity contribution is 6.09. The second-order valence-electron chi connectivity index (χ2n) is 8.61. The van der Waals surface area contributed by atoms with Gasteiger partial charge in [-0.2, -0.15) is 5.10 Å². The summed E-state index contributed by atoms with van der Waals surface area (Å²) in [6.07, 6.45) is 2.16. The molecule has 0 spiro atoms. The number of fused-ring (bicyclic) bond motifs is 1. The lowest BCUT2D eigenvalue weighted by Gasteiger charge is -2.34. The minimum atomic E-state index is -0.450. The molecule has 1 fully saturated rings. The van der Waals surface area contributed by atoms with Gasteiger partial charge in [-0.15, -0.1) is 0 Å². The number of carbonyl (C=O) groups excluding carboxylic acids is 2. The van der Waals surface area contributed by atoms with E-state index in [-0.39, 0.29) is 18.3 Å². The Hall–Kier alpha value is -3.07. The number of methoxy groups -OCH3 is 1. The van der Waals surface area contributed by atoms with Crippen LogP contribution in [-0.2, 0) is 16.0 Å². The molecular weight excluding hydrogens is 418 g/mol. The molecule has 2 aromatic rings. The van der Waals surface area contributed by atoms with Gasteiger partial charge in [0.15, 0.2) is 5.78 Å². The van der Waals surface area contributed by atoms with E-state index in [0.717, 1.165) is 49.3 Å². The van der Waals surface area contributed by atoms with Crippen LogP contribution in [-0.4, -0.2) is 86.2 Å². The largest absolute Gasteiger partial charge is 0.468 e. The number of hydrazone groups is 1. The third kappa shape index (κ3) is 5.47. The second kappa shape index (κ2) is 10.2. The van der Waals surface area contributed by atoms with Gasteiger partial charge in [0.1, 0.15) is 0 Å². The normalized spacial score (nSPS) is 19.5. The molecule has 174 valence electrons. The molecule has 0 aromatic heterocycles. The van der Waals surface area contributed by atoms with Crippen LogP contribution in [0.2, 0.25) is 0 Å². The first-order valence-electron chi connectivity index (χ1n) is 11.3. The number of ketones is 1. The fourth-order valence-electron chi connectivity index (χ4n) is 4.19. The lowest BCUT2D eigenvalue weighted by molar-refractivity contribution is -0.142. The molecule has 33 heavy (non-hydrogen) atoms. The number of hydrogen-bond donors (Lipinski definition) is 1. The van der Waals surface area contributed by atoms with Gasteiger partial charge in [0.25, 0.3) is 0 Å². The van der Waals surface area contributed by atoms with E-state index in [2.05, 4.69) is 22.1 Å². The fraction of sp³-hybridized carbons (Fsp3) is 0.400. The van der Waals surface area contributed by atoms with Crippen LogP contribution >= 0.6 is 0 Å². The topological polar surface area (TPSA) is 91.5 Å². The second-order valence-corrected chi connectivity index (χ2v) is 8.61. The molecule has 0 aliphatic carbocycles. The molecule has 0 radical (unpaired) electrons. The summed E-state index contributed by atoms with van der Waals surface area (Å²) in [6.45, 7) is 4.66. The maximum absolute atomic E-state index is 13.1. The van der Waals surface area contributed by atoms with Crippen LogP contribution in [0.5, 0.6) is 0 Å². The monoisotopic (exact) mass is 449 g/mol. The van der Waals surface area contributed by atoms with Crippen LogP contribution in [0.3, 0.4) is 0 Å². The van der Waals surface area contributed by atoms with Gasteiger partial charge in [-0.25, -0.2) is 0 Å². The van der Waals surface area contributed by atoms with E-state index in [1.165, 1.54) is 7.11 Å². The number of ether oxygens (including phenoxy) is 1. The van der Waals surface area contributed by atoms with Crippen LogP contribution < -0.4 is 5.73 Å². The zero-order valence-corrected chi connectivity index (χ0v) is 19.2. The van der Waals surface area contributed by atoms with Crippen LogP contribution in [0, 0.1) is 0 Å². The number of nitrogens with two attached hydrogens (primary N) is 1. The Kier molecular flexibility index (Phi) is 7.17. The molecule has 8 heteroatoms. The molecule has 1 saturated heterocycles. The van der Waals surface area contributed by atoms with Crippen molar-refractivity contribution >= 4 is 18.0 Å². The van der Waals surface area contributed by atoms with Crippen molar-refractivity contribution in [2.75, 3.05) is 53.4 Å². The third-order valence-corrected chi connectivity index (χ3v) is 6.37. The van der Waals surface area contributed by atoms with Crippen molar-refractivity contribution in [3.05, 3.63) is 70.3 Å². The number of rotatable bonds is 6. The predicted molar refractivity (Wildman–Crippen MR) is 127 cm³/mol. The molecule has 2 aliphatic heterocycles. The summed E-state index contributed by atoms with van der Waals surface area (Å²) < 4.78 is 4.77. The number of benzene rings is 2. The Labute approximate surface area is 194 Å². The fourth-order valence-corrected chi connectivity index (χ4v) is 4.19. The molecule has 0 amide bonds. The number of esters is 1. The molecule has 0 saturated carbocycles. The van der Waals surface area contributed by atoms with Gasteiger partial charge in [0.05, 0.1) is 26.0 Å². The number of likely N-dealkylation sites (N-methyl/N-ethyl adjacent to an activating group) is 1. The lowest BCUT2D eigenvalue weighted by atomic mass is 9.92. The standard InChI is InChI=1S/C25H31N5O3/c1-28-11-13-30(14-12-28)27-16-18-3-5-20(6-4-18)24(32)21-8-7-19-9-10-29(17-23(31)33-2)25(26)22(19)15-21/h3-8,15-16,25H,9-14,17,26H2,1-2H3. The Bertz CT molecular complexity index is 1030. The average Bonchev–Trinajstić information content (AvgIpc) is 2.85. The third-order valence-electron chi connectivity index (χ3n) is 6.37. The minimum Gasteiger partial charge on any atom is -0.468 e. The summed E-state index contributed by atoms with van der Waals surface area (Å²) in [5.74, 6) is -0.380. The van der Waals surface area contributed by atoms with E-state index in [1.54, 1.807) is 0 Å². The summed E-state index contributed by atoms with van der Waals surface area (Å²) in [7, 11) is 3.48. The maximum atomic E-state index is 13.1. The minimum absolute atomic E-state index is 0.0577. The van der Waals surface area contributed by atoms with Crippen molar-refractivity contribution < 1.29 is 14.3 Å². The van der Waals surface area contributed by atoms with E-state index in [1.807, 2.05) is 53.6 Å².